The minimum absolute atomic E-state index is 0.0823. The number of amides is 2. The largest absolute Gasteiger partial charge is 0.506 e. The Kier molecular flexibility index (Phi) is 6.87. The molecule has 0 aliphatic carbocycles. The number of hydrogen-bond acceptors (Lipinski definition) is 7. The van der Waals surface area contributed by atoms with Gasteiger partial charge in [0.1, 0.15) is 5.75 Å². The Balaban J connectivity index is 1.22. The lowest BCUT2D eigenvalue weighted by molar-refractivity contribution is 0.101. The highest BCUT2D eigenvalue weighted by Gasteiger charge is 2.17. The molecule has 0 radical (unpaired) electrons. The third-order valence-corrected chi connectivity index (χ3v) is 6.62. The molecule has 2 amide bonds. The van der Waals surface area contributed by atoms with Gasteiger partial charge in [-0.1, -0.05) is 34.5 Å². The van der Waals surface area contributed by atoms with Crippen LogP contribution in [0.25, 0.3) is 16.3 Å². The van der Waals surface area contributed by atoms with Crippen LogP contribution in [0.15, 0.2) is 79.4 Å². The molecule has 5 aromatic rings. The lowest BCUT2D eigenvalue weighted by Crippen LogP contribution is -2.14. The molecule has 0 unspecified atom stereocenters. The molecular weight excluding hydrogens is 535 g/mol. The van der Waals surface area contributed by atoms with Crippen molar-refractivity contribution < 1.29 is 14.7 Å². The highest BCUT2D eigenvalue weighted by atomic mass is 35.5. The summed E-state index contributed by atoms with van der Waals surface area (Å²) in [5.41, 5.74) is 2.58. The van der Waals surface area contributed by atoms with Crippen LogP contribution in [0.2, 0.25) is 10.0 Å². The third-order valence-electron chi connectivity index (χ3n) is 5.24. The summed E-state index contributed by atoms with van der Waals surface area (Å²) in [6.45, 7) is 0. The molecule has 0 atom stereocenters. The van der Waals surface area contributed by atoms with Crippen molar-refractivity contribution >= 4 is 57.2 Å². The van der Waals surface area contributed by atoms with E-state index in [0.717, 1.165) is 17.0 Å². The van der Waals surface area contributed by atoms with E-state index in [2.05, 4.69) is 25.8 Å². The molecule has 2 aromatic heterocycles. The first-order chi connectivity index (χ1) is 17.9. The zero-order chi connectivity index (χ0) is 25.9. The summed E-state index contributed by atoms with van der Waals surface area (Å²) in [5, 5.41) is 24.6. The average molecular weight is 551 g/mol. The van der Waals surface area contributed by atoms with Gasteiger partial charge in [-0.2, -0.15) is 0 Å². The van der Waals surface area contributed by atoms with Crippen molar-refractivity contribution in [1.29, 1.82) is 0 Å². The summed E-state index contributed by atoms with van der Waals surface area (Å²) in [5.74, 6) is -0.919. The van der Waals surface area contributed by atoms with Crippen LogP contribution in [-0.4, -0.2) is 36.7 Å². The number of rotatable bonds is 6. The summed E-state index contributed by atoms with van der Waals surface area (Å²) in [4.78, 5) is 29.3. The fourth-order valence-electron chi connectivity index (χ4n) is 3.39. The maximum Gasteiger partial charge on any atom is 0.257 e. The number of halogens is 2. The Bertz CT molecular complexity index is 1590. The molecule has 2 heterocycles. The van der Waals surface area contributed by atoms with Crippen LogP contribution in [0.5, 0.6) is 5.75 Å². The Hall–Kier alpha value is -4.25. The molecule has 0 aliphatic heterocycles. The number of aromatic hydroxyl groups is 1. The Labute approximate surface area is 224 Å². The van der Waals surface area contributed by atoms with Crippen molar-refractivity contribution in [3.05, 3.63) is 101 Å². The summed E-state index contributed by atoms with van der Waals surface area (Å²) >= 11 is 13.0. The Morgan fingerprint density at radius 1 is 0.892 bits per heavy atom. The van der Waals surface area contributed by atoms with E-state index >= 15 is 0 Å². The van der Waals surface area contributed by atoms with Gasteiger partial charge in [0.05, 0.1) is 16.9 Å². The number of aromatic nitrogens is 4. The van der Waals surface area contributed by atoms with Crippen LogP contribution in [-0.2, 0) is 0 Å². The molecule has 12 heteroatoms. The van der Waals surface area contributed by atoms with Gasteiger partial charge in [0, 0.05) is 39.9 Å². The lowest BCUT2D eigenvalue weighted by atomic mass is 10.1. The average Bonchev–Trinajstić information content (AvgIpc) is 3.59. The van der Waals surface area contributed by atoms with Gasteiger partial charge in [-0.05, 0) is 60.7 Å². The number of nitrogens with one attached hydrogen (secondary N) is 2. The number of benzene rings is 3. The summed E-state index contributed by atoms with van der Waals surface area (Å²) in [7, 11) is 0. The monoisotopic (exact) mass is 550 g/mol. The van der Waals surface area contributed by atoms with Gasteiger partial charge in [-0.3, -0.25) is 14.9 Å². The second kappa shape index (κ2) is 10.4. The van der Waals surface area contributed by atoms with Gasteiger partial charge < -0.3 is 15.0 Å². The van der Waals surface area contributed by atoms with E-state index in [1.54, 1.807) is 36.8 Å². The number of nitrogens with zero attached hydrogens (tertiary/aromatic N) is 4. The quantitative estimate of drug-likeness (QED) is 0.241. The van der Waals surface area contributed by atoms with E-state index in [0.29, 0.717) is 32.4 Å². The highest BCUT2D eigenvalue weighted by molar-refractivity contribution is 7.18. The number of carbonyl (C=O) groups is 2. The van der Waals surface area contributed by atoms with E-state index < -0.39 is 5.91 Å². The molecule has 0 fully saturated rings. The van der Waals surface area contributed by atoms with Crippen LogP contribution in [0.3, 0.4) is 0 Å². The zero-order valence-electron chi connectivity index (χ0n) is 18.7. The van der Waals surface area contributed by atoms with Crippen molar-refractivity contribution in [1.82, 2.24) is 19.7 Å². The molecule has 9 nitrogen and oxygen atoms in total. The Morgan fingerprint density at radius 2 is 1.57 bits per heavy atom. The van der Waals surface area contributed by atoms with Gasteiger partial charge >= 0.3 is 0 Å². The summed E-state index contributed by atoms with van der Waals surface area (Å²) < 4.78 is 1.86. The highest BCUT2D eigenvalue weighted by Crippen LogP contribution is 2.39. The van der Waals surface area contributed by atoms with Crippen LogP contribution < -0.4 is 10.6 Å². The molecule has 5 rings (SSSR count). The first-order valence-corrected chi connectivity index (χ1v) is 12.3. The van der Waals surface area contributed by atoms with Gasteiger partial charge in [0.2, 0.25) is 5.13 Å². The number of phenolic OH excluding ortho intramolecular Hbond substituents is 1. The number of anilines is 2. The molecule has 0 spiro atoms. The van der Waals surface area contributed by atoms with E-state index in [4.69, 9.17) is 23.2 Å². The van der Waals surface area contributed by atoms with Crippen molar-refractivity contribution in [2.45, 2.75) is 0 Å². The maximum absolute atomic E-state index is 12.7. The SMILES string of the molecule is O=C(Nc1ccc(-n2ccnc2)cc1)c1ccc(C(=O)Nc2nnc(-c3cc(Cl)cc(Cl)c3O)s2)cc1. The standard InChI is InChI=1S/C25H16Cl2N6O3S/c26-16-11-19(21(34)20(27)12-16)24-31-32-25(37-24)30-23(36)15-3-1-14(2-4-15)22(35)29-17-5-7-18(8-6-17)33-10-9-28-13-33/h1-13,34H,(H,29,35)(H,30,32,36). The van der Waals surface area contributed by atoms with Crippen LogP contribution in [0.4, 0.5) is 10.8 Å². The number of carbonyl (C=O) groups excluding carboxylic acids is 2. The van der Waals surface area contributed by atoms with Gasteiger partial charge in [0.15, 0.2) is 5.01 Å². The Morgan fingerprint density at radius 3 is 2.22 bits per heavy atom. The number of hydrogen-bond donors (Lipinski definition) is 3. The summed E-state index contributed by atoms with van der Waals surface area (Å²) in [6.07, 6.45) is 5.21. The minimum Gasteiger partial charge on any atom is -0.506 e. The maximum atomic E-state index is 12.7. The first kappa shape index (κ1) is 24.4. The van der Waals surface area contributed by atoms with E-state index in [-0.39, 0.29) is 21.8 Å². The second-order valence-electron chi connectivity index (χ2n) is 7.70. The molecule has 184 valence electrons. The van der Waals surface area contributed by atoms with Gasteiger partial charge in [-0.15, -0.1) is 10.2 Å². The van der Waals surface area contributed by atoms with E-state index in [1.807, 2.05) is 22.9 Å². The van der Waals surface area contributed by atoms with Crippen LogP contribution in [0.1, 0.15) is 20.7 Å². The van der Waals surface area contributed by atoms with Gasteiger partial charge in [0.25, 0.3) is 11.8 Å². The topological polar surface area (TPSA) is 122 Å². The molecular formula is C25H16Cl2N6O3S. The van der Waals surface area contributed by atoms with Crippen LogP contribution >= 0.6 is 34.5 Å². The predicted octanol–water partition coefficient (Wildman–Crippen LogP) is 5.91. The van der Waals surface area contributed by atoms with Crippen LogP contribution in [0, 0.1) is 0 Å². The zero-order valence-corrected chi connectivity index (χ0v) is 21.1. The van der Waals surface area contributed by atoms with Crippen molar-refractivity contribution in [2.75, 3.05) is 10.6 Å². The second-order valence-corrected chi connectivity index (χ2v) is 9.52. The first-order valence-electron chi connectivity index (χ1n) is 10.7. The molecule has 0 bridgehead atoms. The number of imidazole rings is 1. The molecule has 0 saturated carbocycles. The molecule has 0 aliphatic rings. The fraction of sp³-hybridized carbons (Fsp3) is 0. The fourth-order valence-corrected chi connectivity index (χ4v) is 4.64. The van der Waals surface area contributed by atoms with Crippen molar-refractivity contribution in [3.8, 4) is 22.0 Å². The predicted molar refractivity (Wildman–Crippen MR) is 143 cm³/mol. The molecule has 3 N–H and O–H groups in total. The lowest BCUT2D eigenvalue weighted by Gasteiger charge is -2.08. The molecule has 37 heavy (non-hydrogen) atoms. The van der Waals surface area contributed by atoms with E-state index in [9.17, 15) is 14.7 Å². The molecule has 0 saturated heterocycles. The van der Waals surface area contributed by atoms with Crippen molar-refractivity contribution in [3.63, 3.8) is 0 Å². The number of phenols is 1. The normalized spacial score (nSPS) is 10.8. The van der Waals surface area contributed by atoms with Crippen molar-refractivity contribution in [2.24, 2.45) is 0 Å². The van der Waals surface area contributed by atoms with Gasteiger partial charge in [-0.25, -0.2) is 4.98 Å². The minimum atomic E-state index is -0.432. The third kappa shape index (κ3) is 5.46. The smallest absolute Gasteiger partial charge is 0.257 e. The summed E-state index contributed by atoms with van der Waals surface area (Å²) in [6, 6.07) is 16.4. The molecule has 3 aromatic carbocycles. The van der Waals surface area contributed by atoms with E-state index in [1.165, 1.54) is 24.3 Å².